The molecule has 0 saturated carbocycles. The molecular formula is C19H22ClN3O3. The number of nitrogens with zero attached hydrogens (tertiary/aromatic N) is 1. The zero-order valence-corrected chi connectivity index (χ0v) is 15.3. The van der Waals surface area contributed by atoms with E-state index in [0.717, 1.165) is 12.8 Å². The molecular weight excluding hydrogens is 354 g/mol. The first-order valence-electron chi connectivity index (χ1n) is 8.24. The molecule has 6 nitrogen and oxygen atoms in total. The Labute approximate surface area is 158 Å². The number of nitrogens with one attached hydrogen (secondary N) is 1. The lowest BCUT2D eigenvalue weighted by atomic mass is 10.1. The van der Waals surface area contributed by atoms with Crippen LogP contribution in [-0.2, 0) is 4.79 Å². The van der Waals surface area contributed by atoms with Crippen LogP contribution < -0.4 is 20.7 Å². The predicted octanol–water partition coefficient (Wildman–Crippen LogP) is 3.47. The number of hydrogen-bond donors (Lipinski definition) is 2. The number of nitrogens with two attached hydrogens (primary N) is 1. The second-order valence-electron chi connectivity index (χ2n) is 5.97. The number of anilines is 3. The highest BCUT2D eigenvalue weighted by atomic mass is 35.5. The molecule has 0 unspecified atom stereocenters. The predicted molar refractivity (Wildman–Crippen MR) is 105 cm³/mol. The average molecular weight is 376 g/mol. The molecule has 1 fully saturated rings. The minimum absolute atomic E-state index is 0. The summed E-state index contributed by atoms with van der Waals surface area (Å²) in [4.78, 5) is 26.3. The number of halogens is 1. The van der Waals surface area contributed by atoms with Gasteiger partial charge in [-0.1, -0.05) is 6.07 Å². The minimum Gasteiger partial charge on any atom is -0.495 e. The zero-order valence-electron chi connectivity index (χ0n) is 14.5. The Balaban J connectivity index is 0.00000243. The number of carbonyl (C=O) groups excluding carboxylic acids is 2. The van der Waals surface area contributed by atoms with Gasteiger partial charge in [-0.3, -0.25) is 9.59 Å². The molecule has 3 rings (SSSR count). The van der Waals surface area contributed by atoms with Gasteiger partial charge in [-0.15, -0.1) is 12.4 Å². The summed E-state index contributed by atoms with van der Waals surface area (Å²) in [5.74, 6) is 0.425. The molecule has 7 heteroatoms. The van der Waals surface area contributed by atoms with Crippen molar-refractivity contribution in [2.75, 3.05) is 29.6 Å². The number of hydrogen-bond acceptors (Lipinski definition) is 4. The van der Waals surface area contributed by atoms with Crippen LogP contribution in [0.4, 0.5) is 17.1 Å². The fourth-order valence-corrected chi connectivity index (χ4v) is 2.92. The van der Waals surface area contributed by atoms with Crippen molar-refractivity contribution in [1.82, 2.24) is 0 Å². The summed E-state index contributed by atoms with van der Waals surface area (Å²) in [6, 6.07) is 12.1. The van der Waals surface area contributed by atoms with Crippen LogP contribution in [0.2, 0.25) is 0 Å². The molecule has 0 aliphatic carbocycles. The first kappa shape index (κ1) is 19.6. The van der Waals surface area contributed by atoms with Crippen LogP contribution in [0, 0.1) is 0 Å². The molecule has 3 N–H and O–H groups in total. The van der Waals surface area contributed by atoms with E-state index in [1.807, 2.05) is 0 Å². The molecule has 0 aromatic heterocycles. The molecule has 0 bridgehead atoms. The van der Waals surface area contributed by atoms with Gasteiger partial charge in [0, 0.05) is 29.9 Å². The third-order valence-electron chi connectivity index (χ3n) is 4.20. The molecule has 2 aromatic carbocycles. The maximum absolute atomic E-state index is 12.4. The molecule has 26 heavy (non-hydrogen) atoms. The molecule has 2 aromatic rings. The smallest absolute Gasteiger partial charge is 0.255 e. The largest absolute Gasteiger partial charge is 0.495 e. The average Bonchev–Trinajstić information content (AvgIpc) is 2.62. The van der Waals surface area contributed by atoms with Crippen molar-refractivity contribution in [2.45, 2.75) is 19.3 Å². The van der Waals surface area contributed by atoms with E-state index < -0.39 is 0 Å². The summed E-state index contributed by atoms with van der Waals surface area (Å²) >= 11 is 0. The normalized spacial score (nSPS) is 13.7. The molecule has 1 aliphatic rings. The molecule has 1 aliphatic heterocycles. The van der Waals surface area contributed by atoms with Crippen LogP contribution in [-0.4, -0.2) is 25.5 Å². The standard InChI is InChI=1S/C19H21N3O3.ClH/c1-25-17-9-8-15(12-16(17)22-10-3-2-7-18(22)23)21-19(24)13-5-4-6-14(20)11-13;/h4-6,8-9,11-12H,2-3,7,10,20H2,1H3,(H,21,24);1H. The highest BCUT2D eigenvalue weighted by Gasteiger charge is 2.23. The highest BCUT2D eigenvalue weighted by molar-refractivity contribution is 6.05. The van der Waals surface area contributed by atoms with E-state index >= 15 is 0 Å². The topological polar surface area (TPSA) is 84.7 Å². The number of benzene rings is 2. The summed E-state index contributed by atoms with van der Waals surface area (Å²) in [5.41, 5.74) is 8.01. The minimum atomic E-state index is -0.256. The van der Waals surface area contributed by atoms with Crippen molar-refractivity contribution < 1.29 is 14.3 Å². The van der Waals surface area contributed by atoms with Gasteiger partial charge in [0.05, 0.1) is 12.8 Å². The Morgan fingerprint density at radius 1 is 1.19 bits per heavy atom. The maximum Gasteiger partial charge on any atom is 0.255 e. The summed E-state index contributed by atoms with van der Waals surface area (Å²) in [7, 11) is 1.57. The first-order valence-corrected chi connectivity index (χ1v) is 8.24. The van der Waals surface area contributed by atoms with Crippen LogP contribution >= 0.6 is 12.4 Å². The Morgan fingerprint density at radius 3 is 2.69 bits per heavy atom. The van der Waals surface area contributed by atoms with Crippen LogP contribution in [0.25, 0.3) is 0 Å². The zero-order chi connectivity index (χ0) is 17.8. The lowest BCUT2D eigenvalue weighted by Gasteiger charge is -2.28. The monoisotopic (exact) mass is 375 g/mol. The van der Waals surface area contributed by atoms with Gasteiger partial charge >= 0.3 is 0 Å². The van der Waals surface area contributed by atoms with Gasteiger partial charge in [-0.2, -0.15) is 0 Å². The summed E-state index contributed by atoms with van der Waals surface area (Å²) in [6.07, 6.45) is 2.39. The maximum atomic E-state index is 12.4. The third-order valence-corrected chi connectivity index (χ3v) is 4.20. The van der Waals surface area contributed by atoms with Gasteiger partial charge in [0.15, 0.2) is 0 Å². The van der Waals surface area contributed by atoms with E-state index in [2.05, 4.69) is 5.32 Å². The lowest BCUT2D eigenvalue weighted by molar-refractivity contribution is -0.119. The van der Waals surface area contributed by atoms with Crippen LogP contribution in [0.3, 0.4) is 0 Å². The Hall–Kier alpha value is -2.73. The van der Waals surface area contributed by atoms with E-state index in [1.165, 1.54) is 0 Å². The number of piperidine rings is 1. The van der Waals surface area contributed by atoms with Gasteiger partial charge < -0.3 is 20.7 Å². The van der Waals surface area contributed by atoms with Crippen molar-refractivity contribution in [3.05, 3.63) is 48.0 Å². The quantitative estimate of drug-likeness (QED) is 0.801. The summed E-state index contributed by atoms with van der Waals surface area (Å²) in [6.45, 7) is 0.655. The van der Waals surface area contributed by atoms with Gasteiger partial charge in [-0.05, 0) is 49.2 Å². The molecule has 2 amide bonds. The van der Waals surface area contributed by atoms with E-state index in [-0.39, 0.29) is 24.2 Å². The van der Waals surface area contributed by atoms with Crippen molar-refractivity contribution >= 4 is 41.3 Å². The summed E-state index contributed by atoms with van der Waals surface area (Å²) < 4.78 is 5.38. The van der Waals surface area contributed by atoms with Crippen LogP contribution in [0.5, 0.6) is 5.75 Å². The second kappa shape index (κ2) is 8.58. The van der Waals surface area contributed by atoms with Crippen LogP contribution in [0.15, 0.2) is 42.5 Å². The van der Waals surface area contributed by atoms with Gasteiger partial charge in [0.1, 0.15) is 5.75 Å². The molecule has 1 heterocycles. The molecule has 0 atom stereocenters. The number of nitrogen functional groups attached to an aromatic ring is 1. The van der Waals surface area contributed by atoms with E-state index in [9.17, 15) is 9.59 Å². The number of methoxy groups -OCH3 is 1. The molecule has 138 valence electrons. The molecule has 0 spiro atoms. The van der Waals surface area contributed by atoms with Crippen LogP contribution in [0.1, 0.15) is 29.6 Å². The number of rotatable bonds is 4. The second-order valence-corrected chi connectivity index (χ2v) is 5.97. The number of amides is 2. The van der Waals surface area contributed by atoms with E-state index in [4.69, 9.17) is 10.5 Å². The van der Waals surface area contributed by atoms with E-state index in [0.29, 0.717) is 41.3 Å². The van der Waals surface area contributed by atoms with Gasteiger partial charge in [0.25, 0.3) is 5.91 Å². The molecule has 1 saturated heterocycles. The third kappa shape index (κ3) is 4.26. The SMILES string of the molecule is COc1ccc(NC(=O)c2cccc(N)c2)cc1N1CCCCC1=O.Cl. The van der Waals surface area contributed by atoms with Gasteiger partial charge in [-0.25, -0.2) is 0 Å². The fraction of sp³-hybridized carbons (Fsp3) is 0.263. The lowest BCUT2D eigenvalue weighted by Crippen LogP contribution is -2.35. The fourth-order valence-electron chi connectivity index (χ4n) is 2.92. The Bertz CT molecular complexity index is 810. The highest BCUT2D eigenvalue weighted by Crippen LogP contribution is 2.33. The Kier molecular flexibility index (Phi) is 6.46. The Morgan fingerprint density at radius 2 is 2.00 bits per heavy atom. The molecule has 0 radical (unpaired) electrons. The first-order chi connectivity index (χ1) is 12.1. The van der Waals surface area contributed by atoms with Crippen molar-refractivity contribution in [1.29, 1.82) is 0 Å². The van der Waals surface area contributed by atoms with Gasteiger partial charge in [0.2, 0.25) is 5.91 Å². The van der Waals surface area contributed by atoms with Crippen molar-refractivity contribution in [3.8, 4) is 5.75 Å². The van der Waals surface area contributed by atoms with Crippen molar-refractivity contribution in [2.24, 2.45) is 0 Å². The van der Waals surface area contributed by atoms with E-state index in [1.54, 1.807) is 54.5 Å². The number of carbonyl (C=O) groups is 2. The number of ether oxygens (including phenoxy) is 1. The summed E-state index contributed by atoms with van der Waals surface area (Å²) in [5, 5.41) is 2.84. The van der Waals surface area contributed by atoms with Crippen molar-refractivity contribution in [3.63, 3.8) is 0 Å².